The van der Waals surface area contributed by atoms with Crippen LogP contribution in [0.4, 0.5) is 0 Å². The molecule has 0 aliphatic heterocycles. The molecule has 1 heterocycles. The predicted octanol–water partition coefficient (Wildman–Crippen LogP) is 5.26. The molecule has 0 bridgehead atoms. The van der Waals surface area contributed by atoms with E-state index in [0.717, 1.165) is 12.1 Å². The van der Waals surface area contributed by atoms with E-state index in [1.54, 1.807) is 0 Å². The van der Waals surface area contributed by atoms with E-state index in [0.29, 0.717) is 0 Å². The normalized spacial score (nSPS) is 11.1. The minimum atomic E-state index is 1.05. The molecule has 0 unspecified atom stereocenters. The number of hydrogen-bond donors (Lipinski definition) is 0. The van der Waals surface area contributed by atoms with Crippen molar-refractivity contribution in [3.8, 4) is 11.3 Å². The van der Waals surface area contributed by atoms with E-state index in [9.17, 15) is 0 Å². The van der Waals surface area contributed by atoms with Gasteiger partial charge in [-0.15, -0.1) is 0 Å². The van der Waals surface area contributed by atoms with Crippen LogP contribution in [0.15, 0.2) is 48.7 Å². The Morgan fingerprint density at radius 1 is 1.11 bits per heavy atom. The van der Waals surface area contributed by atoms with Crippen LogP contribution >= 0.6 is 0 Å². The summed E-state index contributed by atoms with van der Waals surface area (Å²) in [6, 6.07) is 12.5. The van der Waals surface area contributed by atoms with Gasteiger partial charge in [0, 0.05) is 11.8 Å². The summed E-state index contributed by atoms with van der Waals surface area (Å²) in [5, 5.41) is 0. The van der Waals surface area contributed by atoms with Gasteiger partial charge < -0.3 is 0 Å². The van der Waals surface area contributed by atoms with Gasteiger partial charge in [0.05, 0.1) is 5.69 Å². The number of aromatic nitrogens is 1. The van der Waals surface area contributed by atoms with Crippen molar-refractivity contribution in [1.29, 1.82) is 0 Å². The number of aryl methyl sites for hydroxylation is 1. The van der Waals surface area contributed by atoms with Crippen molar-refractivity contribution in [2.24, 2.45) is 0 Å². The lowest BCUT2D eigenvalue weighted by Crippen LogP contribution is -1.90. The number of hydrogen-bond acceptors (Lipinski definition) is 1. The average molecular weight is 251 g/mol. The number of benzene rings is 1. The number of unbranched alkanes of at least 4 members (excludes halogenated alkanes) is 2. The van der Waals surface area contributed by atoms with Gasteiger partial charge in [0.25, 0.3) is 0 Å². The van der Waals surface area contributed by atoms with Gasteiger partial charge in [-0.3, -0.25) is 4.98 Å². The maximum absolute atomic E-state index is 4.48. The first-order chi connectivity index (χ1) is 9.33. The van der Waals surface area contributed by atoms with Gasteiger partial charge in [-0.05, 0) is 36.6 Å². The van der Waals surface area contributed by atoms with E-state index in [-0.39, 0.29) is 0 Å². The molecular weight excluding hydrogens is 230 g/mol. The maximum atomic E-state index is 4.48. The van der Waals surface area contributed by atoms with Crippen molar-refractivity contribution in [3.63, 3.8) is 0 Å². The number of rotatable bonds is 5. The highest BCUT2D eigenvalue weighted by Gasteiger charge is 2.06. The Morgan fingerprint density at radius 3 is 2.74 bits per heavy atom. The van der Waals surface area contributed by atoms with Crippen LogP contribution in [0, 0.1) is 6.92 Å². The zero-order valence-electron chi connectivity index (χ0n) is 11.8. The largest absolute Gasteiger partial charge is 0.256 e. The highest BCUT2D eigenvalue weighted by Crippen LogP contribution is 2.26. The molecule has 1 nitrogen and oxygen atoms in total. The standard InChI is InChI=1S/C18H21N/c1-3-4-5-6-11-16-12-9-10-15(2)18(16)17-13-7-8-14-19-17/h6-14H,3-5H2,1-2H3/b11-6+. The monoisotopic (exact) mass is 251 g/mol. The van der Waals surface area contributed by atoms with Crippen LogP contribution in [-0.2, 0) is 0 Å². The maximum Gasteiger partial charge on any atom is 0.0710 e. The van der Waals surface area contributed by atoms with E-state index < -0.39 is 0 Å². The van der Waals surface area contributed by atoms with Crippen LogP contribution in [0.25, 0.3) is 17.3 Å². The Morgan fingerprint density at radius 2 is 2.00 bits per heavy atom. The Bertz CT molecular complexity index is 541. The molecule has 2 aromatic rings. The molecule has 1 aromatic carbocycles. The molecule has 0 saturated carbocycles. The summed E-state index contributed by atoms with van der Waals surface area (Å²) in [5.74, 6) is 0. The number of allylic oxidation sites excluding steroid dienone is 1. The van der Waals surface area contributed by atoms with Crippen LogP contribution < -0.4 is 0 Å². The molecule has 0 amide bonds. The van der Waals surface area contributed by atoms with E-state index >= 15 is 0 Å². The Hall–Kier alpha value is -1.89. The van der Waals surface area contributed by atoms with Gasteiger partial charge in [0.2, 0.25) is 0 Å². The quantitative estimate of drug-likeness (QED) is 0.660. The Balaban J connectivity index is 2.34. The Kier molecular flexibility index (Phi) is 4.91. The number of nitrogens with zero attached hydrogens (tertiary/aromatic N) is 1. The third-order valence-electron chi connectivity index (χ3n) is 3.25. The van der Waals surface area contributed by atoms with E-state index in [1.807, 2.05) is 18.3 Å². The van der Waals surface area contributed by atoms with Crippen LogP contribution in [0.3, 0.4) is 0 Å². The van der Waals surface area contributed by atoms with Gasteiger partial charge in [-0.1, -0.05) is 56.2 Å². The minimum absolute atomic E-state index is 1.05. The van der Waals surface area contributed by atoms with E-state index in [1.165, 1.54) is 29.5 Å². The summed E-state index contributed by atoms with van der Waals surface area (Å²) < 4.78 is 0. The van der Waals surface area contributed by atoms with E-state index in [4.69, 9.17) is 0 Å². The molecule has 0 spiro atoms. The second-order valence-electron chi connectivity index (χ2n) is 4.80. The second kappa shape index (κ2) is 6.89. The third-order valence-corrected chi connectivity index (χ3v) is 3.25. The molecule has 0 saturated heterocycles. The molecule has 0 N–H and O–H groups in total. The third kappa shape index (κ3) is 3.54. The Labute approximate surface area is 116 Å². The fraction of sp³-hybridized carbons (Fsp3) is 0.278. The van der Waals surface area contributed by atoms with Crippen molar-refractivity contribution in [1.82, 2.24) is 4.98 Å². The molecule has 1 aromatic heterocycles. The van der Waals surface area contributed by atoms with E-state index in [2.05, 4.69) is 55.2 Å². The zero-order valence-corrected chi connectivity index (χ0v) is 11.8. The van der Waals surface area contributed by atoms with Crippen LogP contribution in [0.2, 0.25) is 0 Å². The molecule has 0 aliphatic carbocycles. The van der Waals surface area contributed by atoms with Gasteiger partial charge >= 0.3 is 0 Å². The van der Waals surface area contributed by atoms with Gasteiger partial charge in [0.15, 0.2) is 0 Å². The predicted molar refractivity (Wildman–Crippen MR) is 83.0 cm³/mol. The lowest BCUT2D eigenvalue weighted by Gasteiger charge is -2.09. The van der Waals surface area contributed by atoms with Crippen LogP contribution in [0.1, 0.15) is 37.3 Å². The minimum Gasteiger partial charge on any atom is -0.256 e. The summed E-state index contributed by atoms with van der Waals surface area (Å²) in [6.07, 6.45) is 9.99. The van der Waals surface area contributed by atoms with Crippen molar-refractivity contribution in [2.75, 3.05) is 0 Å². The first-order valence-corrected chi connectivity index (χ1v) is 7.00. The molecule has 2 rings (SSSR count). The van der Waals surface area contributed by atoms with Crippen LogP contribution in [-0.4, -0.2) is 4.98 Å². The van der Waals surface area contributed by atoms with Crippen molar-refractivity contribution < 1.29 is 0 Å². The molecule has 19 heavy (non-hydrogen) atoms. The second-order valence-corrected chi connectivity index (χ2v) is 4.80. The molecule has 98 valence electrons. The lowest BCUT2D eigenvalue weighted by atomic mass is 9.98. The lowest BCUT2D eigenvalue weighted by molar-refractivity contribution is 0.816. The molecule has 0 radical (unpaired) electrons. The highest BCUT2D eigenvalue weighted by molar-refractivity contribution is 5.75. The summed E-state index contributed by atoms with van der Waals surface area (Å²) in [6.45, 7) is 4.37. The van der Waals surface area contributed by atoms with Gasteiger partial charge in [0.1, 0.15) is 0 Å². The summed E-state index contributed by atoms with van der Waals surface area (Å²) in [5.41, 5.74) is 4.83. The zero-order chi connectivity index (χ0) is 13.5. The highest BCUT2D eigenvalue weighted by atomic mass is 14.7. The van der Waals surface area contributed by atoms with Crippen molar-refractivity contribution in [3.05, 3.63) is 59.8 Å². The van der Waals surface area contributed by atoms with Crippen molar-refractivity contribution in [2.45, 2.75) is 33.1 Å². The molecule has 0 fully saturated rings. The molecule has 0 atom stereocenters. The summed E-state index contributed by atoms with van der Waals surface area (Å²) >= 11 is 0. The van der Waals surface area contributed by atoms with Crippen molar-refractivity contribution >= 4 is 6.08 Å². The van der Waals surface area contributed by atoms with Gasteiger partial charge in [-0.2, -0.15) is 0 Å². The number of pyridine rings is 1. The first kappa shape index (κ1) is 13.5. The molecule has 0 aliphatic rings. The fourth-order valence-corrected chi connectivity index (χ4v) is 2.22. The first-order valence-electron chi connectivity index (χ1n) is 7.00. The average Bonchev–Trinajstić information content (AvgIpc) is 2.45. The smallest absolute Gasteiger partial charge is 0.0710 e. The summed E-state index contributed by atoms with van der Waals surface area (Å²) in [7, 11) is 0. The fourth-order valence-electron chi connectivity index (χ4n) is 2.22. The van der Waals surface area contributed by atoms with Gasteiger partial charge in [-0.25, -0.2) is 0 Å². The van der Waals surface area contributed by atoms with Crippen LogP contribution in [0.5, 0.6) is 0 Å². The molecular formula is C18H21N. The molecule has 1 heteroatoms. The summed E-state index contributed by atoms with van der Waals surface area (Å²) in [4.78, 5) is 4.48. The SMILES string of the molecule is CCCC/C=C/c1cccc(C)c1-c1ccccn1. The topological polar surface area (TPSA) is 12.9 Å².